The highest BCUT2D eigenvalue weighted by molar-refractivity contribution is 7.80. The lowest BCUT2D eigenvalue weighted by atomic mass is 10.1. The lowest BCUT2D eigenvalue weighted by Crippen LogP contribution is -2.53. The lowest BCUT2D eigenvalue weighted by Gasteiger charge is -2.27. The third-order valence-corrected chi connectivity index (χ3v) is 5.30. The lowest BCUT2D eigenvalue weighted by molar-refractivity contribution is -0.128. The molecule has 1 fully saturated rings. The van der Waals surface area contributed by atoms with E-state index in [1.165, 1.54) is 35.3 Å². The Morgan fingerprint density at radius 3 is 2.71 bits per heavy atom. The summed E-state index contributed by atoms with van der Waals surface area (Å²) in [5.74, 6) is -1.66. The van der Waals surface area contributed by atoms with Gasteiger partial charge in [-0.15, -0.1) is 6.58 Å². The van der Waals surface area contributed by atoms with Gasteiger partial charge in [0.1, 0.15) is 12.2 Å². The van der Waals surface area contributed by atoms with Gasteiger partial charge in [-0.3, -0.25) is 19.8 Å². The molecule has 0 aromatic heterocycles. The second-order valence-electron chi connectivity index (χ2n) is 7.08. The van der Waals surface area contributed by atoms with Gasteiger partial charge in [-0.25, -0.2) is 4.79 Å². The minimum atomic E-state index is -1.04. The van der Waals surface area contributed by atoms with E-state index >= 15 is 0 Å². The predicted octanol–water partition coefficient (Wildman–Crippen LogP) is 3.83. The minimum Gasteiger partial charge on any atom is -0.490 e. The van der Waals surface area contributed by atoms with E-state index in [1.54, 1.807) is 25.1 Å². The molecule has 1 saturated heterocycles. The summed E-state index contributed by atoms with van der Waals surface area (Å²) < 4.78 is 11.5. The van der Waals surface area contributed by atoms with Gasteiger partial charge in [-0.1, -0.05) is 29.8 Å². The number of carboxylic acid groups (broad SMARTS) is 1. The van der Waals surface area contributed by atoms with Crippen molar-refractivity contribution in [1.82, 2.24) is 10.2 Å². The zero-order valence-corrected chi connectivity index (χ0v) is 19.7. The Balaban J connectivity index is 1.91. The first kappa shape index (κ1) is 24.9. The third-order valence-electron chi connectivity index (χ3n) is 4.70. The first-order chi connectivity index (χ1) is 16.2. The van der Waals surface area contributed by atoms with Crippen molar-refractivity contribution in [3.8, 4) is 11.5 Å². The highest BCUT2D eigenvalue weighted by Crippen LogP contribution is 2.38. The molecule has 34 heavy (non-hydrogen) atoms. The van der Waals surface area contributed by atoms with Crippen LogP contribution in [0.5, 0.6) is 11.5 Å². The van der Waals surface area contributed by atoms with E-state index in [4.69, 9.17) is 38.4 Å². The van der Waals surface area contributed by atoms with Crippen LogP contribution in [-0.2, 0) is 16.2 Å². The van der Waals surface area contributed by atoms with Gasteiger partial charge in [-0.05, 0) is 60.6 Å². The summed E-state index contributed by atoms with van der Waals surface area (Å²) in [6, 6.07) is 9.46. The number of nitrogens with zero attached hydrogens (tertiary/aromatic N) is 1. The van der Waals surface area contributed by atoms with Crippen molar-refractivity contribution in [3.05, 3.63) is 76.3 Å². The number of ether oxygens (including phenoxy) is 2. The van der Waals surface area contributed by atoms with Crippen LogP contribution in [0.4, 0.5) is 0 Å². The molecular weight excluding hydrogens is 480 g/mol. The molecule has 2 aromatic rings. The summed E-state index contributed by atoms with van der Waals surface area (Å²) in [4.78, 5) is 37.6. The zero-order chi connectivity index (χ0) is 24.8. The van der Waals surface area contributed by atoms with Gasteiger partial charge in [0.05, 0.1) is 17.2 Å². The van der Waals surface area contributed by atoms with Gasteiger partial charge in [0.25, 0.3) is 11.8 Å². The van der Waals surface area contributed by atoms with Gasteiger partial charge < -0.3 is 14.6 Å². The molecule has 0 radical (unpaired) electrons. The largest absolute Gasteiger partial charge is 0.490 e. The normalized spacial score (nSPS) is 14.7. The number of rotatable bonds is 9. The molecule has 1 aliphatic heterocycles. The molecule has 8 nitrogen and oxygen atoms in total. The van der Waals surface area contributed by atoms with Crippen molar-refractivity contribution >= 4 is 52.8 Å². The maximum absolute atomic E-state index is 12.8. The maximum atomic E-state index is 12.8. The van der Waals surface area contributed by atoms with Crippen molar-refractivity contribution in [3.63, 3.8) is 0 Å². The highest BCUT2D eigenvalue weighted by Gasteiger charge is 2.32. The molecule has 0 aliphatic carbocycles. The van der Waals surface area contributed by atoms with E-state index in [1.807, 2.05) is 0 Å². The molecule has 0 saturated carbocycles. The van der Waals surface area contributed by atoms with Gasteiger partial charge in [-0.2, -0.15) is 0 Å². The smallest absolute Gasteiger partial charge is 0.335 e. The van der Waals surface area contributed by atoms with Gasteiger partial charge in [0.15, 0.2) is 16.6 Å². The second-order valence-corrected chi connectivity index (χ2v) is 7.87. The fourth-order valence-electron chi connectivity index (χ4n) is 3.18. The molecule has 0 atom stereocenters. The van der Waals surface area contributed by atoms with Crippen molar-refractivity contribution in [1.29, 1.82) is 0 Å². The van der Waals surface area contributed by atoms with E-state index in [0.29, 0.717) is 23.5 Å². The molecule has 0 unspecified atom stereocenters. The molecule has 176 valence electrons. The van der Waals surface area contributed by atoms with Crippen LogP contribution in [0.2, 0.25) is 5.02 Å². The molecule has 1 aliphatic rings. The van der Waals surface area contributed by atoms with Gasteiger partial charge in [0, 0.05) is 6.54 Å². The molecule has 2 N–H and O–H groups in total. The van der Waals surface area contributed by atoms with E-state index in [9.17, 15) is 14.4 Å². The first-order valence-electron chi connectivity index (χ1n) is 10.2. The number of hydrogen-bond acceptors (Lipinski definition) is 6. The van der Waals surface area contributed by atoms with Crippen LogP contribution in [0.15, 0.2) is 54.6 Å². The van der Waals surface area contributed by atoms with Crippen molar-refractivity contribution < 1.29 is 29.0 Å². The number of hydrogen-bond donors (Lipinski definition) is 2. The summed E-state index contributed by atoms with van der Waals surface area (Å²) >= 11 is 11.5. The fraction of sp³-hybridized carbons (Fsp3) is 0.167. The number of carbonyl (C=O) groups excluding carboxylic acids is 2. The maximum Gasteiger partial charge on any atom is 0.335 e. The van der Waals surface area contributed by atoms with Crippen LogP contribution in [0.3, 0.4) is 0 Å². The molecule has 3 rings (SSSR count). The Morgan fingerprint density at radius 2 is 2.03 bits per heavy atom. The van der Waals surface area contributed by atoms with Crippen molar-refractivity contribution in [2.75, 3.05) is 13.2 Å². The number of thiocarbonyl (C=S) groups is 1. The quantitative estimate of drug-likeness (QED) is 0.233. The highest BCUT2D eigenvalue weighted by atomic mass is 35.5. The SMILES string of the molecule is C=CCN1C(=O)/C(=C/c2cc(Cl)c(OCc3cccc(C(=O)O)c3)c(OCC)c2)C(=O)NC1=S. The summed E-state index contributed by atoms with van der Waals surface area (Å²) in [6.45, 7) is 5.89. The number of aromatic carboxylic acids is 1. The summed E-state index contributed by atoms with van der Waals surface area (Å²) in [5.41, 5.74) is 1.10. The number of benzene rings is 2. The molecule has 10 heteroatoms. The number of nitrogens with one attached hydrogen (secondary N) is 1. The van der Waals surface area contributed by atoms with Crippen molar-refractivity contribution in [2.45, 2.75) is 13.5 Å². The number of amides is 2. The number of halogens is 1. The van der Waals surface area contributed by atoms with Crippen LogP contribution in [0.1, 0.15) is 28.4 Å². The van der Waals surface area contributed by atoms with Crippen LogP contribution in [-0.4, -0.2) is 46.1 Å². The third kappa shape index (κ3) is 5.62. The van der Waals surface area contributed by atoms with Gasteiger partial charge >= 0.3 is 5.97 Å². The number of carboxylic acids is 1. The Kier molecular flexibility index (Phi) is 8.04. The minimum absolute atomic E-state index is 0.0100. The molecule has 0 spiro atoms. The molecule has 2 aromatic carbocycles. The van der Waals surface area contributed by atoms with E-state index in [-0.39, 0.29) is 40.2 Å². The standard InChI is InChI=1S/C24H21ClN2O6S/c1-3-8-27-22(29)17(21(28)26-24(27)34)10-15-11-18(25)20(19(12-15)32-4-2)33-13-14-6-5-7-16(9-14)23(30)31/h3,5-7,9-12H,1,4,8,13H2,2H3,(H,30,31)(H,26,28,34)/b17-10+. The zero-order valence-electron chi connectivity index (χ0n) is 18.2. The topological polar surface area (TPSA) is 105 Å². The number of carbonyl (C=O) groups is 3. The van der Waals surface area contributed by atoms with E-state index < -0.39 is 17.8 Å². The Morgan fingerprint density at radius 1 is 1.26 bits per heavy atom. The summed E-state index contributed by atoms with van der Waals surface area (Å²) in [5, 5.41) is 11.8. The second kappa shape index (κ2) is 11.0. The van der Waals surface area contributed by atoms with Crippen LogP contribution in [0, 0.1) is 0 Å². The van der Waals surface area contributed by atoms with Crippen LogP contribution in [0.25, 0.3) is 6.08 Å². The van der Waals surface area contributed by atoms with Gasteiger partial charge in [0.2, 0.25) is 0 Å². The molecule has 0 bridgehead atoms. The van der Waals surface area contributed by atoms with E-state index in [0.717, 1.165) is 0 Å². The summed E-state index contributed by atoms with van der Waals surface area (Å²) in [6.07, 6.45) is 2.89. The Labute approximate surface area is 206 Å². The van der Waals surface area contributed by atoms with Crippen LogP contribution >= 0.6 is 23.8 Å². The van der Waals surface area contributed by atoms with E-state index in [2.05, 4.69) is 11.9 Å². The first-order valence-corrected chi connectivity index (χ1v) is 10.9. The predicted molar refractivity (Wildman–Crippen MR) is 131 cm³/mol. The van der Waals surface area contributed by atoms with Crippen molar-refractivity contribution in [2.24, 2.45) is 0 Å². The summed E-state index contributed by atoms with van der Waals surface area (Å²) in [7, 11) is 0. The Bertz CT molecular complexity index is 1210. The fourth-order valence-corrected chi connectivity index (χ4v) is 3.70. The monoisotopic (exact) mass is 500 g/mol. The average molecular weight is 501 g/mol. The Hall–Kier alpha value is -3.69. The molecule has 1 heterocycles. The van der Waals surface area contributed by atoms with Crippen LogP contribution < -0.4 is 14.8 Å². The molecular formula is C24H21ClN2O6S. The average Bonchev–Trinajstić information content (AvgIpc) is 2.79. The molecule has 2 amide bonds.